The van der Waals surface area contributed by atoms with Gasteiger partial charge in [0.05, 0.1) is 25.5 Å². The molecule has 3 aromatic heterocycles. The van der Waals surface area contributed by atoms with Crippen LogP contribution in [0.15, 0.2) is 36.7 Å². The molecule has 3 atom stereocenters. The predicted octanol–water partition coefficient (Wildman–Crippen LogP) is 4.54. The Kier molecular flexibility index (Phi) is 5.98. The minimum Gasteiger partial charge on any atom is -0.490 e. The zero-order valence-corrected chi connectivity index (χ0v) is 21.0. The second kappa shape index (κ2) is 9.33. The van der Waals surface area contributed by atoms with E-state index in [1.54, 1.807) is 17.6 Å². The van der Waals surface area contributed by atoms with E-state index < -0.39 is 11.6 Å². The van der Waals surface area contributed by atoms with E-state index in [0.29, 0.717) is 51.6 Å². The first-order chi connectivity index (χ1) is 17.9. The fraction of sp³-hybridized carbons (Fsp3) is 0.407. The van der Waals surface area contributed by atoms with Crippen LogP contribution in [-0.4, -0.2) is 61.7 Å². The van der Waals surface area contributed by atoms with Crippen molar-refractivity contribution in [3.05, 3.63) is 59.6 Å². The number of aryl methyl sites for hydroxylation is 1. The fourth-order valence-electron chi connectivity index (χ4n) is 5.66. The Labute approximate surface area is 213 Å². The average molecular weight is 507 g/mol. The van der Waals surface area contributed by atoms with Gasteiger partial charge in [0.15, 0.2) is 5.65 Å². The molecule has 37 heavy (non-hydrogen) atoms. The third-order valence-corrected chi connectivity index (χ3v) is 7.60. The third-order valence-electron chi connectivity index (χ3n) is 7.60. The van der Waals surface area contributed by atoms with E-state index in [1.165, 1.54) is 38.3 Å². The summed E-state index contributed by atoms with van der Waals surface area (Å²) in [6, 6.07) is 7.57. The van der Waals surface area contributed by atoms with Gasteiger partial charge in [0.1, 0.15) is 34.8 Å². The Morgan fingerprint density at radius 3 is 2.51 bits per heavy atom. The van der Waals surface area contributed by atoms with Crippen molar-refractivity contribution < 1.29 is 18.3 Å². The van der Waals surface area contributed by atoms with Crippen molar-refractivity contribution >= 4 is 11.2 Å². The van der Waals surface area contributed by atoms with Gasteiger partial charge < -0.3 is 18.9 Å². The van der Waals surface area contributed by atoms with Crippen molar-refractivity contribution in [2.75, 3.05) is 14.2 Å². The van der Waals surface area contributed by atoms with Crippen LogP contribution in [0.1, 0.15) is 36.9 Å². The predicted molar refractivity (Wildman–Crippen MR) is 134 cm³/mol. The molecule has 0 aliphatic carbocycles. The molecule has 2 aliphatic heterocycles. The SMILES string of the molecule is COc1nc(C)c2nc(-c3cncc(F)c3)n(Cc3ccc(OC4C[C@H]5CC[C@@H](C4)N5C)cc3F)c2n1. The summed E-state index contributed by atoms with van der Waals surface area (Å²) in [6.45, 7) is 1.91. The Morgan fingerprint density at radius 2 is 1.81 bits per heavy atom. The second-order valence-electron chi connectivity index (χ2n) is 9.90. The lowest BCUT2D eigenvalue weighted by Crippen LogP contribution is -2.43. The molecule has 8 nitrogen and oxygen atoms in total. The monoisotopic (exact) mass is 506 g/mol. The van der Waals surface area contributed by atoms with Crippen LogP contribution in [0.3, 0.4) is 0 Å². The van der Waals surface area contributed by atoms with Gasteiger partial charge in [-0.2, -0.15) is 9.97 Å². The van der Waals surface area contributed by atoms with Crippen LogP contribution >= 0.6 is 0 Å². The number of pyridine rings is 1. The molecule has 4 aromatic rings. The van der Waals surface area contributed by atoms with Gasteiger partial charge in [-0.1, -0.05) is 6.07 Å². The molecule has 6 rings (SSSR count). The van der Waals surface area contributed by atoms with Crippen molar-refractivity contribution in [3.8, 4) is 23.1 Å². The number of aromatic nitrogens is 5. The summed E-state index contributed by atoms with van der Waals surface area (Å²) in [5.74, 6) is 0.0529. The number of piperidine rings is 1. The quantitative estimate of drug-likeness (QED) is 0.380. The summed E-state index contributed by atoms with van der Waals surface area (Å²) in [4.78, 5) is 19.9. The Balaban J connectivity index is 1.33. The van der Waals surface area contributed by atoms with E-state index in [-0.39, 0.29) is 18.7 Å². The highest BCUT2D eigenvalue weighted by Gasteiger charge is 2.39. The molecule has 0 radical (unpaired) electrons. The Hall–Kier alpha value is -3.66. The number of fused-ring (bicyclic) bond motifs is 3. The number of methoxy groups -OCH3 is 1. The Morgan fingerprint density at radius 1 is 1.03 bits per heavy atom. The van der Waals surface area contributed by atoms with Crippen LogP contribution in [0, 0.1) is 18.6 Å². The molecule has 192 valence electrons. The molecular weight excluding hydrogens is 478 g/mol. The molecule has 0 amide bonds. The van der Waals surface area contributed by atoms with E-state index >= 15 is 4.39 Å². The maximum atomic E-state index is 15.4. The molecule has 1 aromatic carbocycles. The molecule has 5 heterocycles. The minimum atomic E-state index is -0.494. The number of halogens is 2. The van der Waals surface area contributed by atoms with Gasteiger partial charge in [0.25, 0.3) is 0 Å². The highest BCUT2D eigenvalue weighted by Crippen LogP contribution is 2.36. The summed E-state index contributed by atoms with van der Waals surface area (Å²) in [5.41, 5.74) is 2.47. The van der Waals surface area contributed by atoms with Crippen LogP contribution < -0.4 is 9.47 Å². The molecule has 10 heteroatoms. The van der Waals surface area contributed by atoms with Crippen molar-refractivity contribution in [1.29, 1.82) is 0 Å². The molecule has 2 fully saturated rings. The standard InChI is InChI=1S/C27H28F2N6O2/c1-15-24-26(33-27(31-15)36-3)35(25(32-24)17-8-18(28)13-30-12-17)14-16-4-7-21(11-23(16)29)37-22-9-19-5-6-20(10-22)34(19)2/h4,7-8,11-13,19-20,22H,5-6,9-10,14H2,1-3H3/t19-,20+,22?. The molecular formula is C27H28F2N6O2. The van der Waals surface area contributed by atoms with Crippen LogP contribution in [0.5, 0.6) is 11.8 Å². The number of imidazole rings is 1. The lowest BCUT2D eigenvalue weighted by Gasteiger charge is -2.36. The first kappa shape index (κ1) is 23.7. The fourth-order valence-corrected chi connectivity index (χ4v) is 5.66. The van der Waals surface area contributed by atoms with E-state index in [4.69, 9.17) is 9.47 Å². The normalized spacial score (nSPS) is 21.5. The van der Waals surface area contributed by atoms with E-state index in [1.807, 2.05) is 6.07 Å². The number of nitrogens with zero attached hydrogens (tertiary/aromatic N) is 6. The van der Waals surface area contributed by atoms with Gasteiger partial charge in [-0.25, -0.2) is 13.8 Å². The average Bonchev–Trinajstić information content (AvgIpc) is 3.32. The van der Waals surface area contributed by atoms with E-state index in [2.05, 4.69) is 31.9 Å². The van der Waals surface area contributed by atoms with Crippen molar-refractivity contribution in [3.63, 3.8) is 0 Å². The molecule has 0 saturated carbocycles. The van der Waals surface area contributed by atoms with Crippen molar-refractivity contribution in [1.82, 2.24) is 29.4 Å². The van der Waals surface area contributed by atoms with Crippen molar-refractivity contribution in [2.24, 2.45) is 0 Å². The molecule has 1 unspecified atom stereocenters. The second-order valence-corrected chi connectivity index (χ2v) is 9.90. The number of hydrogen-bond donors (Lipinski definition) is 0. The van der Waals surface area contributed by atoms with Crippen LogP contribution in [0.25, 0.3) is 22.6 Å². The third kappa shape index (κ3) is 4.39. The van der Waals surface area contributed by atoms with Gasteiger partial charge in [-0.15, -0.1) is 0 Å². The van der Waals surface area contributed by atoms with Crippen LogP contribution in [0.4, 0.5) is 8.78 Å². The first-order valence-electron chi connectivity index (χ1n) is 12.5. The van der Waals surface area contributed by atoms with Gasteiger partial charge in [-0.3, -0.25) is 4.98 Å². The minimum absolute atomic E-state index is 0.0933. The van der Waals surface area contributed by atoms with Gasteiger partial charge in [-0.05, 0) is 51.8 Å². The number of hydrogen-bond acceptors (Lipinski definition) is 7. The number of ether oxygens (including phenoxy) is 2. The molecule has 0 N–H and O–H groups in total. The van der Waals surface area contributed by atoms with E-state index in [0.717, 1.165) is 19.0 Å². The number of rotatable bonds is 6. The smallest absolute Gasteiger partial charge is 0.318 e. The zero-order valence-electron chi connectivity index (χ0n) is 21.0. The number of benzene rings is 1. The largest absolute Gasteiger partial charge is 0.490 e. The van der Waals surface area contributed by atoms with Crippen LogP contribution in [0.2, 0.25) is 0 Å². The summed E-state index contributed by atoms with van der Waals surface area (Å²) in [5, 5.41) is 0. The van der Waals surface area contributed by atoms with Gasteiger partial charge in [0.2, 0.25) is 0 Å². The molecule has 0 spiro atoms. The highest BCUT2D eigenvalue weighted by molar-refractivity contribution is 5.79. The van der Waals surface area contributed by atoms with Gasteiger partial charge >= 0.3 is 6.01 Å². The maximum Gasteiger partial charge on any atom is 0.318 e. The van der Waals surface area contributed by atoms with Crippen LogP contribution in [-0.2, 0) is 6.54 Å². The first-order valence-corrected chi connectivity index (χ1v) is 12.5. The topological polar surface area (TPSA) is 78.2 Å². The highest BCUT2D eigenvalue weighted by atomic mass is 19.1. The summed E-state index contributed by atoms with van der Waals surface area (Å²) in [7, 11) is 3.66. The van der Waals surface area contributed by atoms with Crippen molar-refractivity contribution in [2.45, 2.75) is 57.3 Å². The van der Waals surface area contributed by atoms with E-state index in [9.17, 15) is 4.39 Å². The van der Waals surface area contributed by atoms with Gasteiger partial charge in [0, 0.05) is 35.5 Å². The molecule has 2 aliphatic rings. The summed E-state index contributed by atoms with van der Waals surface area (Å²) >= 11 is 0. The zero-order chi connectivity index (χ0) is 25.7. The molecule has 2 bridgehead atoms. The lowest BCUT2D eigenvalue weighted by atomic mass is 10.0. The summed E-state index contributed by atoms with van der Waals surface area (Å²) < 4.78 is 42.6. The Bertz CT molecular complexity index is 1460. The maximum absolute atomic E-state index is 15.4. The molecule has 2 saturated heterocycles. The summed E-state index contributed by atoms with van der Waals surface area (Å²) in [6.07, 6.45) is 7.05. The lowest BCUT2D eigenvalue weighted by molar-refractivity contribution is 0.0659.